The molecule has 3 rings (SSSR count). The average Bonchev–Trinajstić information content (AvgIpc) is 3.00. The third kappa shape index (κ3) is 2.82. The van der Waals surface area contributed by atoms with E-state index in [4.69, 9.17) is 4.74 Å². The van der Waals surface area contributed by atoms with Crippen LogP contribution < -0.4 is 0 Å². The minimum Gasteiger partial charge on any atom is -0.462 e. The fourth-order valence-corrected chi connectivity index (χ4v) is 2.35. The van der Waals surface area contributed by atoms with Gasteiger partial charge in [-0.25, -0.2) is 9.48 Å². The first-order valence-electron chi connectivity index (χ1n) is 7.09. The molecular formula is C16H12F3N3O2. The fraction of sp³-hybridized carbons (Fsp3) is 0.188. The second-order valence-electron chi connectivity index (χ2n) is 4.93. The molecule has 0 N–H and O–H groups in total. The molecule has 0 amide bonds. The van der Waals surface area contributed by atoms with E-state index in [9.17, 15) is 18.0 Å². The van der Waals surface area contributed by atoms with Gasteiger partial charge in [-0.3, -0.25) is 4.98 Å². The molecule has 0 radical (unpaired) electrons. The summed E-state index contributed by atoms with van der Waals surface area (Å²) < 4.78 is 45.3. The van der Waals surface area contributed by atoms with Crippen LogP contribution in [0.5, 0.6) is 0 Å². The molecule has 8 heteroatoms. The molecule has 0 saturated heterocycles. The molecule has 2 heterocycles. The molecule has 3 aromatic rings. The lowest BCUT2D eigenvalue weighted by Gasteiger charge is -2.06. The van der Waals surface area contributed by atoms with Crippen LogP contribution in [0.15, 0.2) is 42.9 Å². The van der Waals surface area contributed by atoms with E-state index in [1.165, 1.54) is 13.1 Å². The van der Waals surface area contributed by atoms with E-state index >= 15 is 0 Å². The largest absolute Gasteiger partial charge is 0.462 e. The topological polar surface area (TPSA) is 57.0 Å². The van der Waals surface area contributed by atoms with Crippen LogP contribution in [-0.4, -0.2) is 27.3 Å². The Balaban J connectivity index is 2.20. The summed E-state index contributed by atoms with van der Waals surface area (Å²) in [5.41, 5.74) is -1.57. The highest BCUT2D eigenvalue weighted by Gasteiger charge is 2.40. The number of aromatic nitrogens is 3. The van der Waals surface area contributed by atoms with E-state index in [-0.39, 0.29) is 6.61 Å². The molecule has 0 saturated carbocycles. The zero-order valence-electron chi connectivity index (χ0n) is 12.5. The van der Waals surface area contributed by atoms with E-state index in [0.29, 0.717) is 11.1 Å². The van der Waals surface area contributed by atoms with Gasteiger partial charge in [0, 0.05) is 23.2 Å². The summed E-state index contributed by atoms with van der Waals surface area (Å²) in [6.07, 6.45) is -0.765. The first-order chi connectivity index (χ1) is 11.4. The Morgan fingerprint density at radius 2 is 2.00 bits per heavy atom. The Hall–Kier alpha value is -2.90. The smallest absolute Gasteiger partial charge is 0.436 e. The van der Waals surface area contributed by atoms with Gasteiger partial charge in [0.25, 0.3) is 0 Å². The van der Waals surface area contributed by atoms with E-state index in [2.05, 4.69) is 10.1 Å². The van der Waals surface area contributed by atoms with Gasteiger partial charge in [0.15, 0.2) is 5.69 Å². The van der Waals surface area contributed by atoms with Gasteiger partial charge in [-0.15, -0.1) is 0 Å². The van der Waals surface area contributed by atoms with E-state index < -0.39 is 23.4 Å². The highest BCUT2D eigenvalue weighted by atomic mass is 19.4. The van der Waals surface area contributed by atoms with E-state index in [1.807, 2.05) is 0 Å². The monoisotopic (exact) mass is 335 g/mol. The standard InChI is InChI=1S/C16H12F3N3O2/c1-2-24-15(23)12-9-22(21-14(12)16(17,18)19)13-8-20-7-10-5-3-4-6-11(10)13/h3-9H,2H2,1H3. The normalized spacial score (nSPS) is 11.7. The molecule has 0 unspecified atom stereocenters. The zero-order valence-corrected chi connectivity index (χ0v) is 12.5. The maximum atomic E-state index is 13.2. The van der Waals surface area contributed by atoms with Crippen LogP contribution in [0.1, 0.15) is 23.0 Å². The van der Waals surface area contributed by atoms with Crippen LogP contribution in [0.3, 0.4) is 0 Å². The van der Waals surface area contributed by atoms with Crippen molar-refractivity contribution in [1.29, 1.82) is 0 Å². The van der Waals surface area contributed by atoms with Gasteiger partial charge in [-0.1, -0.05) is 24.3 Å². The van der Waals surface area contributed by atoms with Gasteiger partial charge in [-0.05, 0) is 6.92 Å². The third-order valence-electron chi connectivity index (χ3n) is 3.37. The second kappa shape index (κ2) is 5.95. The minimum atomic E-state index is -4.77. The number of benzene rings is 1. The molecule has 0 spiro atoms. The predicted molar refractivity (Wildman–Crippen MR) is 79.8 cm³/mol. The number of hydrogen-bond donors (Lipinski definition) is 0. The van der Waals surface area contributed by atoms with Gasteiger partial charge >= 0.3 is 12.1 Å². The highest BCUT2D eigenvalue weighted by Crippen LogP contribution is 2.32. The molecule has 0 fully saturated rings. The van der Waals surface area contributed by atoms with Gasteiger partial charge in [0.2, 0.25) is 0 Å². The summed E-state index contributed by atoms with van der Waals surface area (Å²) in [5, 5.41) is 4.97. The number of carbonyl (C=O) groups excluding carboxylic acids is 1. The fourth-order valence-electron chi connectivity index (χ4n) is 2.35. The summed E-state index contributed by atoms with van der Waals surface area (Å²) in [7, 11) is 0. The molecule has 5 nitrogen and oxygen atoms in total. The number of hydrogen-bond acceptors (Lipinski definition) is 4. The van der Waals surface area contributed by atoms with Crippen molar-refractivity contribution in [2.75, 3.05) is 6.61 Å². The summed E-state index contributed by atoms with van der Waals surface area (Å²) >= 11 is 0. The Morgan fingerprint density at radius 1 is 1.25 bits per heavy atom. The van der Waals surface area contributed by atoms with Crippen molar-refractivity contribution in [2.45, 2.75) is 13.1 Å². The Labute approximate surface area is 134 Å². The van der Waals surface area contributed by atoms with E-state index in [0.717, 1.165) is 16.3 Å². The number of nitrogens with zero attached hydrogens (tertiary/aromatic N) is 3. The first kappa shape index (κ1) is 16.0. The number of ether oxygens (including phenoxy) is 1. The van der Waals surface area contributed by atoms with Crippen molar-refractivity contribution >= 4 is 16.7 Å². The van der Waals surface area contributed by atoms with Crippen LogP contribution in [0.4, 0.5) is 13.2 Å². The molecule has 1 aromatic carbocycles. The number of fused-ring (bicyclic) bond motifs is 1. The molecule has 0 aliphatic heterocycles. The number of rotatable bonds is 3. The number of carbonyl (C=O) groups is 1. The van der Waals surface area contributed by atoms with Crippen molar-refractivity contribution in [1.82, 2.24) is 14.8 Å². The molecule has 0 aliphatic rings. The Kier molecular flexibility index (Phi) is 3.96. The maximum absolute atomic E-state index is 13.2. The molecule has 124 valence electrons. The molecular weight excluding hydrogens is 323 g/mol. The quantitative estimate of drug-likeness (QED) is 0.686. The lowest BCUT2D eigenvalue weighted by atomic mass is 10.1. The highest BCUT2D eigenvalue weighted by molar-refractivity contribution is 5.92. The van der Waals surface area contributed by atoms with Gasteiger partial charge in [0.05, 0.1) is 18.5 Å². The number of esters is 1. The average molecular weight is 335 g/mol. The molecule has 2 aromatic heterocycles. The van der Waals surface area contributed by atoms with Gasteiger partial charge in [-0.2, -0.15) is 18.3 Å². The molecule has 0 aliphatic carbocycles. The van der Waals surface area contributed by atoms with Crippen molar-refractivity contribution in [2.24, 2.45) is 0 Å². The minimum absolute atomic E-state index is 0.0306. The lowest BCUT2D eigenvalue weighted by molar-refractivity contribution is -0.141. The predicted octanol–water partition coefficient (Wildman–Crippen LogP) is 3.62. The number of pyridine rings is 1. The van der Waals surface area contributed by atoms with Gasteiger partial charge in [0.1, 0.15) is 5.56 Å². The third-order valence-corrected chi connectivity index (χ3v) is 3.37. The second-order valence-corrected chi connectivity index (χ2v) is 4.93. The lowest BCUT2D eigenvalue weighted by Crippen LogP contribution is -2.14. The first-order valence-corrected chi connectivity index (χ1v) is 7.09. The Bertz CT molecular complexity index is 898. The summed E-state index contributed by atoms with van der Waals surface area (Å²) in [5.74, 6) is -1.07. The van der Waals surface area contributed by atoms with Crippen molar-refractivity contribution in [3.8, 4) is 5.69 Å². The Morgan fingerprint density at radius 3 is 2.71 bits per heavy atom. The number of halogens is 3. The van der Waals surface area contributed by atoms with Gasteiger partial charge < -0.3 is 4.74 Å². The van der Waals surface area contributed by atoms with Crippen LogP contribution in [0.2, 0.25) is 0 Å². The number of alkyl halides is 3. The molecule has 24 heavy (non-hydrogen) atoms. The van der Waals surface area contributed by atoms with Crippen molar-refractivity contribution in [3.05, 3.63) is 54.1 Å². The van der Waals surface area contributed by atoms with Crippen LogP contribution in [0, 0.1) is 0 Å². The SMILES string of the molecule is CCOC(=O)c1cn(-c2cncc3ccccc23)nc1C(F)(F)F. The maximum Gasteiger partial charge on any atom is 0.436 e. The van der Waals surface area contributed by atoms with Crippen molar-refractivity contribution in [3.63, 3.8) is 0 Å². The zero-order chi connectivity index (χ0) is 17.3. The van der Waals surface area contributed by atoms with Crippen LogP contribution in [0.25, 0.3) is 16.5 Å². The molecule has 0 atom stereocenters. The van der Waals surface area contributed by atoms with E-state index in [1.54, 1.807) is 30.5 Å². The summed E-state index contributed by atoms with van der Waals surface area (Å²) in [4.78, 5) is 15.8. The van der Waals surface area contributed by atoms with Crippen molar-refractivity contribution < 1.29 is 22.7 Å². The summed E-state index contributed by atoms with van der Waals surface area (Å²) in [6, 6.07) is 7.08. The van der Waals surface area contributed by atoms with Crippen LogP contribution >= 0.6 is 0 Å². The summed E-state index contributed by atoms with van der Waals surface area (Å²) in [6.45, 7) is 1.49. The molecule has 0 bridgehead atoms. The van der Waals surface area contributed by atoms with Crippen LogP contribution in [-0.2, 0) is 10.9 Å².